The van der Waals surface area contributed by atoms with Gasteiger partial charge in [0, 0.05) is 0 Å². The van der Waals surface area contributed by atoms with Crippen LogP contribution in [0, 0.1) is 6.92 Å². The summed E-state index contributed by atoms with van der Waals surface area (Å²) in [5.41, 5.74) is 3.00. The van der Waals surface area contributed by atoms with E-state index in [0.717, 1.165) is 16.7 Å². The Morgan fingerprint density at radius 3 is 2.44 bits per heavy atom. The van der Waals surface area contributed by atoms with Crippen molar-refractivity contribution in [3.63, 3.8) is 0 Å². The molecule has 186 valence electrons. The van der Waals surface area contributed by atoms with Crippen molar-refractivity contribution < 1.29 is 23.6 Å². The number of carbonyl (C=O) groups is 2. The van der Waals surface area contributed by atoms with Crippen molar-refractivity contribution in [2.45, 2.75) is 45.1 Å². The van der Waals surface area contributed by atoms with E-state index in [0.29, 0.717) is 23.6 Å². The van der Waals surface area contributed by atoms with Gasteiger partial charge in [0.05, 0.1) is 18.4 Å². The molecule has 2 aromatic carbocycles. The van der Waals surface area contributed by atoms with Gasteiger partial charge in [0.15, 0.2) is 5.76 Å². The lowest BCUT2D eigenvalue weighted by Gasteiger charge is -2.30. The van der Waals surface area contributed by atoms with Crippen LogP contribution in [0.15, 0.2) is 83.4 Å². The van der Waals surface area contributed by atoms with Gasteiger partial charge in [-0.15, -0.1) is 0 Å². The van der Waals surface area contributed by atoms with E-state index in [1.807, 2.05) is 72.8 Å². The van der Waals surface area contributed by atoms with Gasteiger partial charge in [-0.05, 0) is 43.9 Å². The van der Waals surface area contributed by atoms with Gasteiger partial charge in [0.1, 0.15) is 17.5 Å². The quantitative estimate of drug-likeness (QED) is 0.364. The zero-order valence-corrected chi connectivity index (χ0v) is 20.7. The molecule has 0 saturated heterocycles. The SMILES string of the molecule is CCOC(=O)CC1(c2onc(C)c2NC(=O)O[C@H](C)c2ccccc2)C=CC(c2ccccc2)=CC1. The molecular weight excluding hydrogens is 456 g/mol. The molecule has 1 aliphatic carbocycles. The highest BCUT2D eigenvalue weighted by atomic mass is 16.6. The number of aromatic nitrogens is 1. The smallest absolute Gasteiger partial charge is 0.412 e. The van der Waals surface area contributed by atoms with E-state index in [1.54, 1.807) is 20.8 Å². The molecule has 1 amide bonds. The number of amides is 1. The second kappa shape index (κ2) is 11.1. The summed E-state index contributed by atoms with van der Waals surface area (Å²) in [6.07, 6.45) is 5.39. The predicted molar refractivity (Wildman–Crippen MR) is 137 cm³/mol. The molecule has 1 unspecified atom stereocenters. The van der Waals surface area contributed by atoms with Crippen molar-refractivity contribution in [3.05, 3.63) is 101 Å². The lowest BCUT2D eigenvalue weighted by atomic mass is 9.74. The molecule has 0 saturated carbocycles. The average Bonchev–Trinajstić information content (AvgIpc) is 3.26. The molecular formula is C29H30N2O5. The maximum absolute atomic E-state index is 12.8. The van der Waals surface area contributed by atoms with Crippen LogP contribution in [-0.2, 0) is 19.7 Å². The molecule has 1 aliphatic rings. The molecule has 36 heavy (non-hydrogen) atoms. The van der Waals surface area contributed by atoms with Crippen LogP contribution >= 0.6 is 0 Å². The Balaban J connectivity index is 1.61. The average molecular weight is 487 g/mol. The van der Waals surface area contributed by atoms with Gasteiger partial charge in [0.2, 0.25) is 0 Å². The van der Waals surface area contributed by atoms with Crippen LogP contribution in [0.5, 0.6) is 0 Å². The number of benzene rings is 2. The first-order valence-corrected chi connectivity index (χ1v) is 12.0. The van der Waals surface area contributed by atoms with E-state index >= 15 is 0 Å². The van der Waals surface area contributed by atoms with Crippen LogP contribution in [0.4, 0.5) is 10.5 Å². The number of anilines is 1. The van der Waals surface area contributed by atoms with E-state index in [-0.39, 0.29) is 19.0 Å². The van der Waals surface area contributed by atoms with Crippen molar-refractivity contribution in [3.8, 4) is 0 Å². The van der Waals surface area contributed by atoms with E-state index in [2.05, 4.69) is 16.5 Å². The molecule has 4 rings (SSSR count). The fourth-order valence-electron chi connectivity index (χ4n) is 4.31. The zero-order chi connectivity index (χ0) is 25.5. The molecule has 0 aliphatic heterocycles. The third kappa shape index (κ3) is 5.57. The lowest BCUT2D eigenvalue weighted by Crippen LogP contribution is -2.30. The first kappa shape index (κ1) is 25.0. The minimum atomic E-state index is -0.876. The van der Waals surface area contributed by atoms with Crippen molar-refractivity contribution in [1.82, 2.24) is 5.16 Å². The number of hydrogen-bond donors (Lipinski definition) is 1. The molecule has 7 heteroatoms. The first-order valence-electron chi connectivity index (χ1n) is 12.0. The summed E-state index contributed by atoms with van der Waals surface area (Å²) >= 11 is 0. The summed E-state index contributed by atoms with van der Waals surface area (Å²) < 4.78 is 16.6. The van der Waals surface area contributed by atoms with Gasteiger partial charge >= 0.3 is 12.1 Å². The monoisotopic (exact) mass is 486 g/mol. The maximum Gasteiger partial charge on any atom is 0.412 e. The molecule has 0 bridgehead atoms. The maximum atomic E-state index is 12.8. The third-order valence-electron chi connectivity index (χ3n) is 6.24. The highest BCUT2D eigenvalue weighted by molar-refractivity contribution is 5.87. The minimum absolute atomic E-state index is 0.0364. The Labute approximate surface area is 210 Å². The topological polar surface area (TPSA) is 90.7 Å². The number of hydrogen-bond acceptors (Lipinski definition) is 6. The molecule has 0 fully saturated rings. The number of nitrogens with one attached hydrogen (secondary N) is 1. The fourth-order valence-corrected chi connectivity index (χ4v) is 4.31. The van der Waals surface area contributed by atoms with Crippen molar-refractivity contribution in [2.75, 3.05) is 11.9 Å². The fraction of sp³-hybridized carbons (Fsp3) is 0.276. The van der Waals surface area contributed by atoms with E-state index in [4.69, 9.17) is 14.0 Å². The Morgan fingerprint density at radius 2 is 1.81 bits per heavy atom. The van der Waals surface area contributed by atoms with Crippen molar-refractivity contribution >= 4 is 23.3 Å². The van der Waals surface area contributed by atoms with Gasteiger partial charge in [-0.2, -0.15) is 0 Å². The normalized spacial score (nSPS) is 17.7. The van der Waals surface area contributed by atoms with Gasteiger partial charge in [-0.25, -0.2) is 4.79 Å². The van der Waals surface area contributed by atoms with E-state index in [1.165, 1.54) is 0 Å². The van der Waals surface area contributed by atoms with Gasteiger partial charge in [-0.3, -0.25) is 10.1 Å². The van der Waals surface area contributed by atoms with Crippen LogP contribution in [0.3, 0.4) is 0 Å². The van der Waals surface area contributed by atoms with Gasteiger partial charge in [0.25, 0.3) is 0 Å². The highest BCUT2D eigenvalue weighted by Gasteiger charge is 2.41. The molecule has 7 nitrogen and oxygen atoms in total. The number of ether oxygens (including phenoxy) is 2. The summed E-state index contributed by atoms with van der Waals surface area (Å²) in [6.45, 7) is 5.58. The van der Waals surface area contributed by atoms with Crippen molar-refractivity contribution in [1.29, 1.82) is 0 Å². The lowest BCUT2D eigenvalue weighted by molar-refractivity contribution is -0.144. The number of carbonyl (C=O) groups excluding carboxylic acids is 2. The molecule has 3 aromatic rings. The van der Waals surface area contributed by atoms with E-state index in [9.17, 15) is 9.59 Å². The summed E-state index contributed by atoms with van der Waals surface area (Å²) in [4.78, 5) is 25.5. The molecule has 1 aromatic heterocycles. The molecule has 0 spiro atoms. The number of nitrogens with zero attached hydrogens (tertiary/aromatic N) is 1. The van der Waals surface area contributed by atoms with Crippen LogP contribution in [0.25, 0.3) is 5.57 Å². The molecule has 2 atom stereocenters. The Hall–Kier alpha value is -4.13. The second-order valence-corrected chi connectivity index (χ2v) is 8.76. The molecule has 1 heterocycles. The number of esters is 1. The summed E-state index contributed by atoms with van der Waals surface area (Å²) in [7, 11) is 0. The Bertz CT molecular complexity index is 1260. The summed E-state index contributed by atoms with van der Waals surface area (Å²) in [5.74, 6) is 0.0240. The number of aryl methyl sites for hydroxylation is 1. The Morgan fingerprint density at radius 1 is 1.11 bits per heavy atom. The standard InChI is InChI=1S/C29H30N2O5/c1-4-34-25(32)19-29(17-15-24(16-18-29)23-13-9-6-10-14-23)27-26(20(2)31-36-27)30-28(33)35-21(3)22-11-7-5-8-12-22/h5-17,21H,4,18-19H2,1-3H3,(H,30,33)/t21-,29?/m1/s1. The van der Waals surface area contributed by atoms with Crippen LogP contribution in [-0.4, -0.2) is 23.8 Å². The predicted octanol–water partition coefficient (Wildman–Crippen LogP) is 6.53. The number of rotatable bonds is 8. The molecule has 1 N–H and O–H groups in total. The van der Waals surface area contributed by atoms with Gasteiger partial charge in [-0.1, -0.05) is 84.0 Å². The van der Waals surface area contributed by atoms with Crippen LogP contribution in [0.2, 0.25) is 0 Å². The third-order valence-corrected chi connectivity index (χ3v) is 6.24. The van der Waals surface area contributed by atoms with E-state index < -0.39 is 17.6 Å². The first-order chi connectivity index (χ1) is 17.4. The molecule has 0 radical (unpaired) electrons. The van der Waals surface area contributed by atoms with Crippen LogP contribution < -0.4 is 5.32 Å². The summed E-state index contributed by atoms with van der Waals surface area (Å²) in [6, 6.07) is 19.5. The minimum Gasteiger partial charge on any atom is -0.466 e. The summed E-state index contributed by atoms with van der Waals surface area (Å²) in [5, 5.41) is 6.91. The van der Waals surface area contributed by atoms with Crippen LogP contribution in [0.1, 0.15) is 55.4 Å². The zero-order valence-electron chi connectivity index (χ0n) is 20.7. The Kier molecular flexibility index (Phi) is 7.68. The second-order valence-electron chi connectivity index (χ2n) is 8.76. The van der Waals surface area contributed by atoms with Crippen molar-refractivity contribution in [2.24, 2.45) is 0 Å². The number of allylic oxidation sites excluding steroid dienone is 4. The highest BCUT2D eigenvalue weighted by Crippen LogP contribution is 2.43. The largest absolute Gasteiger partial charge is 0.466 e. The van der Waals surface area contributed by atoms with Gasteiger partial charge < -0.3 is 14.0 Å².